The molecule has 0 saturated heterocycles. The summed E-state index contributed by atoms with van der Waals surface area (Å²) < 4.78 is 5.07. The number of carbonyl (C=O) groups is 2. The highest BCUT2D eigenvalue weighted by Gasteiger charge is 2.16. The lowest BCUT2D eigenvalue weighted by molar-refractivity contribution is -0.115. The van der Waals surface area contributed by atoms with Crippen LogP contribution < -0.4 is 15.4 Å². The number of halogens is 1. The van der Waals surface area contributed by atoms with Gasteiger partial charge in [0, 0.05) is 16.4 Å². The second-order valence-corrected chi connectivity index (χ2v) is 7.37. The molecular formula is C19H21ClN2O3S. The number of methoxy groups -OCH3 is 1. The maximum absolute atomic E-state index is 12.3. The van der Waals surface area contributed by atoms with E-state index in [1.807, 2.05) is 6.92 Å². The average Bonchev–Trinajstić information content (AvgIpc) is 2.64. The van der Waals surface area contributed by atoms with Crippen LogP contribution in [0.1, 0.15) is 12.5 Å². The summed E-state index contributed by atoms with van der Waals surface area (Å²) in [5.74, 6) is 0.560. The molecule has 0 aliphatic rings. The van der Waals surface area contributed by atoms with Crippen LogP contribution in [0.3, 0.4) is 0 Å². The van der Waals surface area contributed by atoms with E-state index in [1.165, 1.54) is 11.8 Å². The molecule has 1 atom stereocenters. The number of thioether (sulfide) groups is 1. The summed E-state index contributed by atoms with van der Waals surface area (Å²) in [5.41, 5.74) is 2.18. The van der Waals surface area contributed by atoms with Crippen LogP contribution in [0.2, 0.25) is 5.02 Å². The third kappa shape index (κ3) is 5.68. The Morgan fingerprint density at radius 3 is 2.50 bits per heavy atom. The van der Waals surface area contributed by atoms with Crippen molar-refractivity contribution in [1.29, 1.82) is 0 Å². The third-order valence-corrected chi connectivity index (χ3v) is 5.29. The first-order valence-electron chi connectivity index (χ1n) is 8.02. The van der Waals surface area contributed by atoms with Gasteiger partial charge >= 0.3 is 0 Å². The molecule has 2 aromatic rings. The predicted octanol–water partition coefficient (Wildman–Crippen LogP) is 4.36. The lowest BCUT2D eigenvalue weighted by atomic mass is 10.2. The molecule has 2 aromatic carbocycles. The van der Waals surface area contributed by atoms with Gasteiger partial charge in [0.25, 0.3) is 0 Å². The van der Waals surface area contributed by atoms with Gasteiger partial charge in [-0.1, -0.05) is 17.7 Å². The molecule has 0 aliphatic carbocycles. The first-order chi connectivity index (χ1) is 12.4. The Balaban J connectivity index is 1.82. The zero-order valence-corrected chi connectivity index (χ0v) is 16.4. The molecular weight excluding hydrogens is 372 g/mol. The molecule has 0 radical (unpaired) electrons. The fourth-order valence-corrected chi connectivity index (χ4v) is 2.98. The fraction of sp³-hybridized carbons (Fsp3) is 0.263. The number of nitrogens with one attached hydrogen (secondary N) is 2. The molecule has 7 heteroatoms. The summed E-state index contributed by atoms with van der Waals surface area (Å²) in [7, 11) is 1.58. The van der Waals surface area contributed by atoms with Crippen molar-refractivity contribution in [1.82, 2.24) is 0 Å². The molecule has 0 bridgehead atoms. The van der Waals surface area contributed by atoms with Crippen molar-refractivity contribution >= 4 is 46.6 Å². The van der Waals surface area contributed by atoms with E-state index in [4.69, 9.17) is 16.3 Å². The van der Waals surface area contributed by atoms with Crippen molar-refractivity contribution in [2.24, 2.45) is 0 Å². The summed E-state index contributed by atoms with van der Waals surface area (Å²) in [6.07, 6.45) is 0. The van der Waals surface area contributed by atoms with Crippen LogP contribution >= 0.6 is 23.4 Å². The molecule has 138 valence electrons. The van der Waals surface area contributed by atoms with Gasteiger partial charge < -0.3 is 15.4 Å². The number of amides is 2. The van der Waals surface area contributed by atoms with Gasteiger partial charge in [-0.05, 0) is 55.8 Å². The van der Waals surface area contributed by atoms with Crippen LogP contribution in [0.25, 0.3) is 0 Å². The molecule has 0 saturated carbocycles. The molecule has 0 aliphatic heterocycles. The van der Waals surface area contributed by atoms with E-state index in [2.05, 4.69) is 10.6 Å². The molecule has 0 aromatic heterocycles. The van der Waals surface area contributed by atoms with Gasteiger partial charge in [-0.25, -0.2) is 0 Å². The zero-order chi connectivity index (χ0) is 19.1. The molecule has 26 heavy (non-hydrogen) atoms. The minimum absolute atomic E-state index is 0.168. The first kappa shape index (κ1) is 20.1. The Morgan fingerprint density at radius 1 is 1.15 bits per heavy atom. The van der Waals surface area contributed by atoms with Crippen molar-refractivity contribution in [2.75, 3.05) is 23.5 Å². The molecule has 2 rings (SSSR count). The van der Waals surface area contributed by atoms with E-state index in [-0.39, 0.29) is 22.8 Å². The molecule has 2 N–H and O–H groups in total. The predicted molar refractivity (Wildman–Crippen MR) is 108 cm³/mol. The van der Waals surface area contributed by atoms with Crippen LogP contribution in [0.5, 0.6) is 5.75 Å². The van der Waals surface area contributed by atoms with E-state index in [9.17, 15) is 9.59 Å². The first-order valence-corrected chi connectivity index (χ1v) is 9.45. The minimum Gasteiger partial charge on any atom is -0.497 e. The van der Waals surface area contributed by atoms with E-state index in [1.54, 1.807) is 56.5 Å². The topological polar surface area (TPSA) is 67.4 Å². The Hall–Kier alpha value is -2.18. The van der Waals surface area contributed by atoms with Gasteiger partial charge in [0.1, 0.15) is 5.75 Å². The number of hydrogen-bond acceptors (Lipinski definition) is 4. The van der Waals surface area contributed by atoms with Crippen molar-refractivity contribution in [3.63, 3.8) is 0 Å². The van der Waals surface area contributed by atoms with E-state index >= 15 is 0 Å². The largest absolute Gasteiger partial charge is 0.497 e. The Kier molecular flexibility index (Phi) is 7.36. The van der Waals surface area contributed by atoms with Crippen LogP contribution in [0.4, 0.5) is 11.4 Å². The van der Waals surface area contributed by atoms with Crippen molar-refractivity contribution in [3.8, 4) is 5.75 Å². The quantitative estimate of drug-likeness (QED) is 0.734. The van der Waals surface area contributed by atoms with Crippen molar-refractivity contribution < 1.29 is 14.3 Å². The Bertz CT molecular complexity index is 781. The van der Waals surface area contributed by atoms with E-state index in [0.717, 1.165) is 11.3 Å². The molecule has 0 heterocycles. The summed E-state index contributed by atoms with van der Waals surface area (Å²) >= 11 is 7.33. The maximum Gasteiger partial charge on any atom is 0.237 e. The highest BCUT2D eigenvalue weighted by Crippen LogP contribution is 2.24. The summed E-state index contributed by atoms with van der Waals surface area (Å²) in [6.45, 7) is 3.61. The zero-order valence-electron chi connectivity index (χ0n) is 14.8. The van der Waals surface area contributed by atoms with Crippen LogP contribution in [-0.2, 0) is 9.59 Å². The number of ether oxygens (including phenoxy) is 1. The second-order valence-electron chi connectivity index (χ2n) is 5.63. The highest BCUT2D eigenvalue weighted by molar-refractivity contribution is 8.01. The second kappa shape index (κ2) is 9.50. The van der Waals surface area contributed by atoms with Crippen LogP contribution in [-0.4, -0.2) is 29.9 Å². The lowest BCUT2D eigenvalue weighted by Crippen LogP contribution is -2.25. The normalized spacial score (nSPS) is 11.5. The highest BCUT2D eigenvalue weighted by atomic mass is 35.5. The summed E-state index contributed by atoms with van der Waals surface area (Å²) in [4.78, 5) is 24.3. The third-order valence-electron chi connectivity index (χ3n) is 3.73. The molecule has 0 fully saturated rings. The number of hydrogen-bond donors (Lipinski definition) is 2. The fourth-order valence-electron chi connectivity index (χ4n) is 2.13. The van der Waals surface area contributed by atoms with Crippen molar-refractivity contribution in [2.45, 2.75) is 19.1 Å². The Morgan fingerprint density at radius 2 is 1.85 bits per heavy atom. The Labute approximate surface area is 162 Å². The number of rotatable bonds is 7. The smallest absolute Gasteiger partial charge is 0.237 e. The summed E-state index contributed by atoms with van der Waals surface area (Å²) in [5, 5.41) is 5.86. The maximum atomic E-state index is 12.3. The SMILES string of the molecule is COc1ccc(NC(=O)CS[C@@H](C)C(=O)Nc2cccc(Cl)c2C)cc1. The number of benzene rings is 2. The van der Waals surface area contributed by atoms with Gasteiger partial charge in [0.15, 0.2) is 0 Å². The van der Waals surface area contributed by atoms with Gasteiger partial charge in [0.05, 0.1) is 18.1 Å². The van der Waals surface area contributed by atoms with Gasteiger partial charge in [0.2, 0.25) is 11.8 Å². The minimum atomic E-state index is -0.380. The van der Waals surface area contributed by atoms with Crippen LogP contribution in [0.15, 0.2) is 42.5 Å². The average molecular weight is 393 g/mol. The molecule has 0 spiro atoms. The van der Waals surface area contributed by atoms with Gasteiger partial charge in [-0.15, -0.1) is 11.8 Å². The van der Waals surface area contributed by atoms with E-state index < -0.39 is 0 Å². The van der Waals surface area contributed by atoms with Crippen LogP contribution in [0, 0.1) is 6.92 Å². The number of anilines is 2. The lowest BCUT2D eigenvalue weighted by Gasteiger charge is -2.14. The standard InChI is InChI=1S/C19H21ClN2O3S/c1-12-16(20)5-4-6-17(12)22-19(24)13(2)26-11-18(23)21-14-7-9-15(25-3)10-8-14/h4-10,13H,11H2,1-3H3,(H,21,23)(H,22,24)/t13-/m0/s1. The van der Waals surface area contributed by atoms with Gasteiger partial charge in [-0.3, -0.25) is 9.59 Å². The van der Waals surface area contributed by atoms with Gasteiger partial charge in [-0.2, -0.15) is 0 Å². The summed E-state index contributed by atoms with van der Waals surface area (Å²) in [6, 6.07) is 12.4. The monoisotopic (exact) mass is 392 g/mol. The molecule has 2 amide bonds. The number of carbonyl (C=O) groups excluding carboxylic acids is 2. The van der Waals surface area contributed by atoms with Crippen molar-refractivity contribution in [3.05, 3.63) is 53.1 Å². The van der Waals surface area contributed by atoms with E-state index in [0.29, 0.717) is 16.4 Å². The molecule has 5 nitrogen and oxygen atoms in total. The molecule has 0 unspecified atom stereocenters.